The van der Waals surface area contributed by atoms with Gasteiger partial charge in [0.25, 0.3) is 0 Å². The quantitative estimate of drug-likeness (QED) is 0.535. The molecule has 3 aromatic rings. The van der Waals surface area contributed by atoms with Crippen LogP contribution in [-0.2, 0) is 32.5 Å². The number of nitrogens with zero attached hydrogens (tertiary/aromatic N) is 2. The minimum absolute atomic E-state index is 0.0333. The number of nitrogens with one attached hydrogen (secondary N) is 1. The van der Waals surface area contributed by atoms with Gasteiger partial charge in [-0.1, -0.05) is 54.9 Å². The summed E-state index contributed by atoms with van der Waals surface area (Å²) in [5, 5.41) is 3.63. The van der Waals surface area contributed by atoms with E-state index in [0.717, 1.165) is 25.9 Å². The number of hydrogen-bond acceptors (Lipinski definition) is 4. The number of aromatic nitrogens is 1. The topological polar surface area (TPSA) is 88.5 Å². The Bertz CT molecular complexity index is 1310. The number of benzene rings is 2. The van der Waals surface area contributed by atoms with Gasteiger partial charge >= 0.3 is 0 Å². The molecule has 7 nitrogen and oxygen atoms in total. The molecule has 2 amide bonds. The fourth-order valence-corrected chi connectivity index (χ4v) is 5.83. The van der Waals surface area contributed by atoms with E-state index in [1.807, 2.05) is 4.90 Å². The molecular weight excluding hydrogens is 474 g/mol. The SMILES string of the molecule is CC1CCN(C(=O)Cn2cc(S(=O)(=O)CC(=O)NCc3ccccc3Cl)c3ccccc32)CC1. The van der Waals surface area contributed by atoms with E-state index in [9.17, 15) is 18.0 Å². The van der Waals surface area contributed by atoms with Gasteiger partial charge in [-0.25, -0.2) is 8.42 Å². The third-order valence-corrected chi connectivity index (χ3v) is 8.29. The highest BCUT2D eigenvalue weighted by molar-refractivity contribution is 7.92. The molecule has 1 aliphatic heterocycles. The Morgan fingerprint density at radius 3 is 2.47 bits per heavy atom. The number of amides is 2. The van der Waals surface area contributed by atoms with Crippen molar-refractivity contribution in [3.63, 3.8) is 0 Å². The molecule has 0 radical (unpaired) electrons. The van der Waals surface area contributed by atoms with Crippen LogP contribution in [0.1, 0.15) is 25.3 Å². The zero-order valence-electron chi connectivity index (χ0n) is 19.0. The van der Waals surface area contributed by atoms with Crippen LogP contribution in [0.5, 0.6) is 0 Å². The summed E-state index contributed by atoms with van der Waals surface area (Å²) in [5.74, 6) is -0.731. The molecule has 1 saturated heterocycles. The first-order valence-corrected chi connectivity index (χ1v) is 13.4. The summed E-state index contributed by atoms with van der Waals surface area (Å²) in [5.41, 5.74) is 1.36. The average molecular weight is 502 g/mol. The van der Waals surface area contributed by atoms with Gasteiger partial charge in [-0.05, 0) is 36.5 Å². The van der Waals surface area contributed by atoms with E-state index in [1.54, 1.807) is 53.1 Å². The summed E-state index contributed by atoms with van der Waals surface area (Å²) in [7, 11) is -3.94. The molecule has 34 heavy (non-hydrogen) atoms. The Morgan fingerprint density at radius 2 is 1.74 bits per heavy atom. The highest BCUT2D eigenvalue weighted by Crippen LogP contribution is 2.27. The van der Waals surface area contributed by atoms with Crippen molar-refractivity contribution in [2.45, 2.75) is 37.8 Å². The van der Waals surface area contributed by atoms with E-state index in [4.69, 9.17) is 11.6 Å². The van der Waals surface area contributed by atoms with Crippen LogP contribution in [0.2, 0.25) is 5.02 Å². The van der Waals surface area contributed by atoms with Gasteiger partial charge in [0.1, 0.15) is 12.3 Å². The highest BCUT2D eigenvalue weighted by Gasteiger charge is 2.26. The molecule has 2 aromatic carbocycles. The number of rotatable bonds is 7. The molecule has 1 aromatic heterocycles. The Labute approximate surface area is 204 Å². The smallest absolute Gasteiger partial charge is 0.242 e. The highest BCUT2D eigenvalue weighted by atomic mass is 35.5. The van der Waals surface area contributed by atoms with Crippen molar-refractivity contribution in [1.29, 1.82) is 0 Å². The maximum atomic E-state index is 13.2. The molecule has 9 heteroatoms. The van der Waals surface area contributed by atoms with E-state index in [-0.39, 0.29) is 23.9 Å². The molecule has 180 valence electrons. The van der Waals surface area contributed by atoms with Crippen LogP contribution in [0.15, 0.2) is 59.6 Å². The molecule has 0 aliphatic carbocycles. The first kappa shape index (κ1) is 24.3. The van der Waals surface area contributed by atoms with E-state index in [2.05, 4.69) is 12.2 Å². The fraction of sp³-hybridized carbons (Fsp3) is 0.360. The Morgan fingerprint density at radius 1 is 1.06 bits per heavy atom. The van der Waals surface area contributed by atoms with Gasteiger partial charge in [0.05, 0.1) is 4.90 Å². The molecular formula is C25H28ClN3O4S. The van der Waals surface area contributed by atoms with Gasteiger partial charge in [0, 0.05) is 41.8 Å². The van der Waals surface area contributed by atoms with Crippen molar-refractivity contribution in [2.24, 2.45) is 5.92 Å². The lowest BCUT2D eigenvalue weighted by atomic mass is 9.99. The minimum Gasteiger partial charge on any atom is -0.351 e. The molecule has 0 unspecified atom stereocenters. The summed E-state index contributed by atoms with van der Waals surface area (Å²) >= 11 is 6.11. The van der Waals surface area contributed by atoms with Crippen molar-refractivity contribution < 1.29 is 18.0 Å². The van der Waals surface area contributed by atoms with E-state index in [0.29, 0.717) is 27.4 Å². The third-order valence-electron chi connectivity index (χ3n) is 6.28. The lowest BCUT2D eigenvalue weighted by Crippen LogP contribution is -2.39. The number of sulfone groups is 1. The van der Waals surface area contributed by atoms with Gasteiger partial charge in [-0.2, -0.15) is 0 Å². The molecule has 0 saturated carbocycles. The van der Waals surface area contributed by atoms with E-state index < -0.39 is 21.5 Å². The zero-order chi connectivity index (χ0) is 24.3. The summed E-state index contributed by atoms with van der Waals surface area (Å²) in [6.07, 6.45) is 3.42. The predicted octanol–water partition coefficient (Wildman–Crippen LogP) is 3.64. The first-order chi connectivity index (χ1) is 16.2. The van der Waals surface area contributed by atoms with Crippen LogP contribution in [0.3, 0.4) is 0 Å². The second kappa shape index (κ2) is 10.2. The standard InChI is InChI=1S/C25H28ClN3O4S/c1-18-10-12-28(13-11-18)25(31)16-29-15-23(20-7-3-5-9-22(20)29)34(32,33)17-24(30)27-14-19-6-2-4-8-21(19)26/h2-9,15,18H,10-14,16-17H2,1H3,(H,27,30). The maximum absolute atomic E-state index is 13.2. The number of halogens is 1. The van der Waals surface area contributed by atoms with Crippen LogP contribution < -0.4 is 5.32 Å². The second-order valence-electron chi connectivity index (χ2n) is 8.83. The largest absolute Gasteiger partial charge is 0.351 e. The Balaban J connectivity index is 1.51. The van der Waals surface area contributed by atoms with Crippen molar-refractivity contribution in [1.82, 2.24) is 14.8 Å². The first-order valence-electron chi connectivity index (χ1n) is 11.3. The molecule has 1 N–H and O–H groups in total. The van der Waals surface area contributed by atoms with E-state index in [1.165, 1.54) is 6.20 Å². The minimum atomic E-state index is -3.94. The molecule has 0 atom stereocenters. The number of fused-ring (bicyclic) bond motifs is 1. The molecule has 1 aliphatic rings. The van der Waals surface area contributed by atoms with Crippen LogP contribution in [0, 0.1) is 5.92 Å². The lowest BCUT2D eigenvalue weighted by Gasteiger charge is -2.30. The maximum Gasteiger partial charge on any atom is 0.242 e. The van der Waals surface area contributed by atoms with Crippen molar-refractivity contribution in [2.75, 3.05) is 18.8 Å². The summed E-state index contributed by atoms with van der Waals surface area (Å²) in [6.45, 7) is 3.82. The van der Waals surface area contributed by atoms with Gasteiger partial charge in [0.2, 0.25) is 11.8 Å². The van der Waals surface area contributed by atoms with Crippen LogP contribution >= 0.6 is 11.6 Å². The Kier molecular flexibility index (Phi) is 7.28. The van der Waals surface area contributed by atoms with Crippen LogP contribution in [-0.4, -0.2) is 48.5 Å². The molecule has 0 spiro atoms. The molecule has 4 rings (SSSR count). The van der Waals surface area contributed by atoms with Crippen molar-refractivity contribution >= 4 is 44.2 Å². The summed E-state index contributed by atoms with van der Waals surface area (Å²) in [6, 6.07) is 14.1. The van der Waals surface area contributed by atoms with Crippen LogP contribution in [0.4, 0.5) is 0 Å². The van der Waals surface area contributed by atoms with Gasteiger partial charge in [0.15, 0.2) is 9.84 Å². The molecule has 0 bridgehead atoms. The van der Waals surface area contributed by atoms with Gasteiger partial charge in [-0.15, -0.1) is 0 Å². The van der Waals surface area contributed by atoms with Gasteiger partial charge in [-0.3, -0.25) is 9.59 Å². The monoisotopic (exact) mass is 501 g/mol. The molecule has 1 fully saturated rings. The molecule has 2 heterocycles. The van der Waals surface area contributed by atoms with Gasteiger partial charge < -0.3 is 14.8 Å². The average Bonchev–Trinajstić information content (AvgIpc) is 3.18. The lowest BCUT2D eigenvalue weighted by molar-refractivity contribution is -0.133. The predicted molar refractivity (Wildman–Crippen MR) is 132 cm³/mol. The van der Waals surface area contributed by atoms with Crippen LogP contribution in [0.25, 0.3) is 10.9 Å². The number of carbonyl (C=O) groups excluding carboxylic acids is 2. The number of para-hydroxylation sites is 1. The summed E-state index contributed by atoms with van der Waals surface area (Å²) < 4.78 is 28.0. The Hall–Kier alpha value is -2.84. The van der Waals surface area contributed by atoms with Crippen molar-refractivity contribution in [3.05, 3.63) is 65.3 Å². The zero-order valence-corrected chi connectivity index (χ0v) is 20.6. The second-order valence-corrected chi connectivity index (χ2v) is 11.2. The number of carbonyl (C=O) groups is 2. The number of hydrogen-bond donors (Lipinski definition) is 1. The number of piperidine rings is 1. The fourth-order valence-electron chi connectivity index (χ4n) is 4.23. The third kappa shape index (κ3) is 5.45. The normalized spacial score (nSPS) is 14.9. The van der Waals surface area contributed by atoms with E-state index >= 15 is 0 Å². The van der Waals surface area contributed by atoms with Crippen molar-refractivity contribution in [3.8, 4) is 0 Å². The summed E-state index contributed by atoms with van der Waals surface area (Å²) in [4.78, 5) is 27.2. The number of likely N-dealkylation sites (tertiary alicyclic amines) is 1.